The van der Waals surface area contributed by atoms with Crippen LogP contribution in [0.25, 0.3) is 21.6 Å². The van der Waals surface area contributed by atoms with E-state index < -0.39 is 18.2 Å². The molecule has 0 unspecified atom stereocenters. The van der Waals surface area contributed by atoms with Crippen LogP contribution in [0.1, 0.15) is 44.5 Å². The number of thiophene rings is 1. The molecule has 2 N–H and O–H groups in total. The van der Waals surface area contributed by atoms with Gasteiger partial charge in [-0.25, -0.2) is 19.6 Å². The van der Waals surface area contributed by atoms with Crippen LogP contribution in [0.3, 0.4) is 0 Å². The van der Waals surface area contributed by atoms with Gasteiger partial charge in [-0.05, 0) is 55.6 Å². The maximum absolute atomic E-state index is 13.0. The van der Waals surface area contributed by atoms with Gasteiger partial charge in [0.05, 0.1) is 17.5 Å². The lowest BCUT2D eigenvalue weighted by molar-refractivity contribution is 0.0328. The zero-order valence-electron chi connectivity index (χ0n) is 22.4. The molecule has 206 valence electrons. The van der Waals surface area contributed by atoms with Crippen LogP contribution in [0.2, 0.25) is 0 Å². The molecule has 9 nitrogen and oxygen atoms in total. The lowest BCUT2D eigenvalue weighted by atomic mass is 10.1. The Labute approximate surface area is 239 Å². The summed E-state index contributed by atoms with van der Waals surface area (Å²) in [6.45, 7) is 3.66. The molecular formula is C31H26N4O5S. The number of carbonyl (C=O) groups excluding carboxylic acids is 2. The lowest BCUT2D eigenvalue weighted by Gasteiger charge is -2.15. The Hall–Kier alpha value is -4.96. The number of nitrogen functional groups attached to an aromatic ring is 1. The summed E-state index contributed by atoms with van der Waals surface area (Å²) in [4.78, 5) is 35.9. The Kier molecular flexibility index (Phi) is 6.98. The van der Waals surface area contributed by atoms with E-state index in [1.807, 2.05) is 55.6 Å². The average Bonchev–Trinajstić information content (AvgIpc) is 3.72. The number of aryl methyl sites for hydroxylation is 2. The first-order valence-electron chi connectivity index (χ1n) is 12.9. The summed E-state index contributed by atoms with van der Waals surface area (Å²) in [5, 5.41) is 1.98. The topological polar surface area (TPSA) is 119 Å². The Morgan fingerprint density at radius 2 is 1.71 bits per heavy atom. The largest absolute Gasteiger partial charge is 0.467 e. The van der Waals surface area contributed by atoms with Crippen molar-refractivity contribution in [3.8, 4) is 10.4 Å². The summed E-state index contributed by atoms with van der Waals surface area (Å²) in [6.07, 6.45) is 1.16. The van der Waals surface area contributed by atoms with Gasteiger partial charge in [-0.1, -0.05) is 41.5 Å². The van der Waals surface area contributed by atoms with Gasteiger partial charge in [0.2, 0.25) is 0 Å². The van der Waals surface area contributed by atoms with E-state index in [0.29, 0.717) is 28.1 Å². The molecule has 5 aromatic rings. The molecule has 1 atom stereocenters. The number of hydrogen-bond acceptors (Lipinski definition) is 9. The van der Waals surface area contributed by atoms with E-state index in [4.69, 9.17) is 19.9 Å². The van der Waals surface area contributed by atoms with Gasteiger partial charge in [0.25, 0.3) is 0 Å². The maximum Gasteiger partial charge on any atom is 0.343 e. The molecule has 2 aromatic carbocycles. The molecule has 0 bridgehead atoms. The fourth-order valence-corrected chi connectivity index (χ4v) is 5.28. The molecule has 0 saturated carbocycles. The van der Waals surface area contributed by atoms with Gasteiger partial charge in [-0.2, -0.15) is 0 Å². The van der Waals surface area contributed by atoms with Gasteiger partial charge in [0, 0.05) is 10.4 Å². The lowest BCUT2D eigenvalue weighted by Crippen LogP contribution is -2.12. The van der Waals surface area contributed by atoms with Crippen LogP contribution >= 0.6 is 11.3 Å². The summed E-state index contributed by atoms with van der Waals surface area (Å²) in [7, 11) is 0. The number of fused-ring (bicyclic) bond motifs is 1. The van der Waals surface area contributed by atoms with Crippen LogP contribution in [-0.2, 0) is 14.2 Å². The SMILES string of the molecule is Cc1ccc(C(=O)OCC2=C(OC(=O)c3ccc(C)cc3)C[C@H](n3cnc4c(-c5cccs5)cc(N)nc43)O2)cc1. The quantitative estimate of drug-likeness (QED) is 0.231. The van der Waals surface area contributed by atoms with Crippen molar-refractivity contribution in [2.24, 2.45) is 0 Å². The predicted molar refractivity (Wildman–Crippen MR) is 155 cm³/mol. The van der Waals surface area contributed by atoms with Crippen LogP contribution in [0.5, 0.6) is 0 Å². The highest BCUT2D eigenvalue weighted by Gasteiger charge is 2.33. The minimum Gasteiger partial charge on any atom is -0.467 e. The number of pyridine rings is 1. The van der Waals surface area contributed by atoms with Crippen LogP contribution in [0.15, 0.2) is 90.0 Å². The molecule has 10 heteroatoms. The second kappa shape index (κ2) is 10.9. The molecule has 0 radical (unpaired) electrons. The highest BCUT2D eigenvalue weighted by atomic mass is 32.1. The van der Waals surface area contributed by atoms with Crippen molar-refractivity contribution in [2.75, 3.05) is 12.3 Å². The number of aromatic nitrogens is 3. The molecule has 1 aliphatic rings. The van der Waals surface area contributed by atoms with Gasteiger partial charge in [0.1, 0.15) is 17.7 Å². The third kappa shape index (κ3) is 5.42. The van der Waals surface area contributed by atoms with Crippen LogP contribution in [-0.4, -0.2) is 33.1 Å². The predicted octanol–water partition coefficient (Wildman–Crippen LogP) is 6.20. The Morgan fingerprint density at radius 3 is 2.37 bits per heavy atom. The number of hydrogen-bond donors (Lipinski definition) is 1. The van der Waals surface area contributed by atoms with Gasteiger partial charge in [0.15, 0.2) is 30.0 Å². The van der Waals surface area contributed by atoms with E-state index in [-0.39, 0.29) is 24.5 Å². The van der Waals surface area contributed by atoms with E-state index in [9.17, 15) is 9.59 Å². The van der Waals surface area contributed by atoms with Crippen molar-refractivity contribution < 1.29 is 23.8 Å². The third-order valence-electron chi connectivity index (χ3n) is 6.72. The molecular weight excluding hydrogens is 540 g/mol. The van der Waals surface area contributed by atoms with Crippen LogP contribution < -0.4 is 5.73 Å². The summed E-state index contributed by atoms with van der Waals surface area (Å²) in [5.41, 5.74) is 11.1. The smallest absolute Gasteiger partial charge is 0.343 e. The number of imidazole rings is 1. The minimum absolute atomic E-state index is 0.186. The molecule has 1 aliphatic heterocycles. The molecule has 0 amide bonds. The van der Waals surface area contributed by atoms with Gasteiger partial charge in [-0.15, -0.1) is 11.3 Å². The first-order valence-corrected chi connectivity index (χ1v) is 13.8. The highest BCUT2D eigenvalue weighted by molar-refractivity contribution is 7.13. The van der Waals surface area contributed by atoms with E-state index >= 15 is 0 Å². The van der Waals surface area contributed by atoms with Crippen molar-refractivity contribution in [3.05, 3.63) is 112 Å². The van der Waals surface area contributed by atoms with Gasteiger partial charge < -0.3 is 19.9 Å². The molecule has 3 aromatic heterocycles. The number of nitrogens with zero attached hydrogens (tertiary/aromatic N) is 3. The standard InChI is InChI=1S/C31H26N4O5S/c1-18-5-9-20(10-6-18)30(36)38-16-24-23(40-31(37)21-11-7-19(2)8-12-21)15-27(39-24)35-17-33-28-22(25-4-3-13-41-25)14-26(32)34-29(28)35/h3-14,17,27H,15-16H2,1-2H3,(H2,32,34)/t27-/m1/s1. The van der Waals surface area contributed by atoms with Crippen LogP contribution in [0.4, 0.5) is 5.82 Å². The number of nitrogens with two attached hydrogens (primary N) is 1. The second-order valence-electron chi connectivity index (χ2n) is 9.72. The first-order chi connectivity index (χ1) is 19.9. The number of anilines is 1. The summed E-state index contributed by atoms with van der Waals surface area (Å²) in [5.74, 6) is -0.213. The van der Waals surface area contributed by atoms with E-state index in [1.54, 1.807) is 52.6 Å². The highest BCUT2D eigenvalue weighted by Crippen LogP contribution is 2.38. The van der Waals surface area contributed by atoms with Crippen molar-refractivity contribution in [3.63, 3.8) is 0 Å². The first kappa shape index (κ1) is 26.3. The van der Waals surface area contributed by atoms with Gasteiger partial charge >= 0.3 is 11.9 Å². The Bertz CT molecular complexity index is 1770. The number of rotatable bonds is 7. The Balaban J connectivity index is 1.29. The fourth-order valence-electron chi connectivity index (χ4n) is 4.53. The van der Waals surface area contributed by atoms with Crippen molar-refractivity contribution in [2.45, 2.75) is 26.5 Å². The number of benzene rings is 2. The molecule has 0 saturated heterocycles. The fraction of sp³-hybridized carbons (Fsp3) is 0.161. The van der Waals surface area contributed by atoms with E-state index in [2.05, 4.69) is 9.97 Å². The minimum atomic E-state index is -0.653. The van der Waals surface area contributed by atoms with E-state index in [1.165, 1.54) is 0 Å². The summed E-state index contributed by atoms with van der Waals surface area (Å²) in [6, 6.07) is 19.9. The normalized spacial score (nSPS) is 14.7. The molecule has 0 fully saturated rings. The van der Waals surface area contributed by atoms with Crippen molar-refractivity contribution >= 4 is 40.3 Å². The molecule has 4 heterocycles. The second-order valence-corrected chi connectivity index (χ2v) is 10.7. The van der Waals surface area contributed by atoms with Crippen LogP contribution in [0, 0.1) is 13.8 Å². The molecule has 0 aliphatic carbocycles. The monoisotopic (exact) mass is 566 g/mol. The molecule has 41 heavy (non-hydrogen) atoms. The van der Waals surface area contributed by atoms with Crippen molar-refractivity contribution in [1.82, 2.24) is 14.5 Å². The molecule has 6 rings (SSSR count). The summed E-state index contributed by atoms with van der Waals surface area (Å²) < 4.78 is 19.3. The van der Waals surface area contributed by atoms with Gasteiger partial charge in [-0.3, -0.25) is 4.57 Å². The van der Waals surface area contributed by atoms with E-state index in [0.717, 1.165) is 21.6 Å². The number of ether oxygens (including phenoxy) is 3. The number of carbonyl (C=O) groups is 2. The summed E-state index contributed by atoms with van der Waals surface area (Å²) >= 11 is 1.58. The Morgan fingerprint density at radius 1 is 1.02 bits per heavy atom. The molecule has 0 spiro atoms. The van der Waals surface area contributed by atoms with Crippen molar-refractivity contribution in [1.29, 1.82) is 0 Å². The zero-order chi connectivity index (χ0) is 28.5. The zero-order valence-corrected chi connectivity index (χ0v) is 23.2. The number of esters is 2. The maximum atomic E-state index is 13.0. The average molecular weight is 567 g/mol. The third-order valence-corrected chi connectivity index (χ3v) is 7.62.